The Hall–Kier alpha value is -0.380. The molecule has 0 bridgehead atoms. The van der Waals surface area contributed by atoms with Crippen molar-refractivity contribution in [3.63, 3.8) is 0 Å². The van der Waals surface area contributed by atoms with E-state index in [4.69, 9.17) is 0 Å². The molecule has 1 aromatic rings. The molecule has 0 heterocycles. The summed E-state index contributed by atoms with van der Waals surface area (Å²) in [7, 11) is 0. The predicted octanol–water partition coefficient (Wildman–Crippen LogP) is 2.98. The van der Waals surface area contributed by atoms with Gasteiger partial charge in [-0.1, -0.05) is 19.1 Å². The van der Waals surface area contributed by atoms with Crippen LogP contribution < -0.4 is 0 Å². The lowest BCUT2D eigenvalue weighted by molar-refractivity contribution is -0.109. The fourth-order valence-corrected chi connectivity index (χ4v) is 1.71. The van der Waals surface area contributed by atoms with Crippen LogP contribution >= 0.6 is 22.6 Å². The summed E-state index contributed by atoms with van der Waals surface area (Å²) in [6, 6.07) is 8.08. The normalized spacial score (nSPS) is 12.5. The summed E-state index contributed by atoms with van der Waals surface area (Å²) in [5.41, 5.74) is 1.12. The van der Waals surface area contributed by atoms with Gasteiger partial charge in [-0.3, -0.25) is 0 Å². The van der Waals surface area contributed by atoms with Crippen LogP contribution in [0, 0.1) is 3.57 Å². The van der Waals surface area contributed by atoms with Crippen LogP contribution in [0.4, 0.5) is 0 Å². The van der Waals surface area contributed by atoms with Crippen molar-refractivity contribution in [2.75, 3.05) is 0 Å². The largest absolute Gasteiger partial charge is 0.303 e. The standard InChI is InChI=1S/C10H11IO/c1-2-8(7-12)9-4-3-5-10(11)6-9/h3-8H,2H2,1H3. The molecule has 0 aliphatic heterocycles. The monoisotopic (exact) mass is 274 g/mol. The van der Waals surface area contributed by atoms with E-state index < -0.39 is 0 Å². The molecule has 1 nitrogen and oxygen atoms in total. The highest BCUT2D eigenvalue weighted by Crippen LogP contribution is 2.18. The van der Waals surface area contributed by atoms with Gasteiger partial charge in [0.05, 0.1) is 0 Å². The maximum Gasteiger partial charge on any atom is 0.127 e. The van der Waals surface area contributed by atoms with Crippen LogP contribution in [-0.2, 0) is 4.79 Å². The third kappa shape index (κ3) is 2.30. The highest BCUT2D eigenvalue weighted by Gasteiger charge is 2.06. The smallest absolute Gasteiger partial charge is 0.127 e. The first-order valence-corrected chi connectivity index (χ1v) is 5.06. The Bertz CT molecular complexity index is 270. The van der Waals surface area contributed by atoms with Gasteiger partial charge in [0, 0.05) is 9.49 Å². The second-order valence-corrected chi connectivity index (χ2v) is 3.95. The van der Waals surface area contributed by atoms with Crippen LogP contribution in [0.25, 0.3) is 0 Å². The summed E-state index contributed by atoms with van der Waals surface area (Å²) in [4.78, 5) is 10.6. The van der Waals surface area contributed by atoms with Crippen LogP contribution in [0.5, 0.6) is 0 Å². The van der Waals surface area contributed by atoms with E-state index in [0.717, 1.165) is 18.3 Å². The molecule has 0 amide bonds. The summed E-state index contributed by atoms with van der Waals surface area (Å²) in [5.74, 6) is 0.0692. The fraction of sp³-hybridized carbons (Fsp3) is 0.300. The molecule has 0 fully saturated rings. The molecular formula is C10H11IO. The quantitative estimate of drug-likeness (QED) is 0.611. The SMILES string of the molecule is CCC(C=O)c1cccc(I)c1. The summed E-state index contributed by atoms with van der Waals surface area (Å²) in [6.07, 6.45) is 1.90. The van der Waals surface area contributed by atoms with E-state index in [9.17, 15) is 4.79 Å². The zero-order valence-corrected chi connectivity index (χ0v) is 9.11. The van der Waals surface area contributed by atoms with Crippen molar-refractivity contribution in [3.8, 4) is 0 Å². The van der Waals surface area contributed by atoms with Gasteiger partial charge in [0.15, 0.2) is 0 Å². The van der Waals surface area contributed by atoms with Crippen molar-refractivity contribution in [1.82, 2.24) is 0 Å². The zero-order chi connectivity index (χ0) is 8.97. The van der Waals surface area contributed by atoms with Crippen LogP contribution in [0.15, 0.2) is 24.3 Å². The number of aldehydes is 1. The molecule has 1 unspecified atom stereocenters. The van der Waals surface area contributed by atoms with Gasteiger partial charge < -0.3 is 4.79 Å². The molecule has 0 N–H and O–H groups in total. The molecular weight excluding hydrogens is 263 g/mol. The van der Waals surface area contributed by atoms with Gasteiger partial charge in [0.2, 0.25) is 0 Å². The van der Waals surface area contributed by atoms with E-state index in [1.165, 1.54) is 3.57 Å². The first-order chi connectivity index (χ1) is 5.77. The summed E-state index contributed by atoms with van der Waals surface area (Å²) < 4.78 is 1.19. The third-order valence-electron chi connectivity index (χ3n) is 1.88. The Labute approximate surface area is 86.3 Å². The summed E-state index contributed by atoms with van der Waals surface area (Å²) >= 11 is 2.26. The Balaban J connectivity index is 2.93. The topological polar surface area (TPSA) is 17.1 Å². The number of hydrogen-bond donors (Lipinski definition) is 0. The first-order valence-electron chi connectivity index (χ1n) is 3.98. The van der Waals surface area contributed by atoms with Crippen molar-refractivity contribution >= 4 is 28.9 Å². The van der Waals surface area contributed by atoms with Gasteiger partial charge in [-0.2, -0.15) is 0 Å². The van der Waals surface area contributed by atoms with E-state index in [1.807, 2.05) is 25.1 Å². The number of carbonyl (C=O) groups excluding carboxylic acids is 1. The van der Waals surface area contributed by atoms with E-state index in [-0.39, 0.29) is 5.92 Å². The lowest BCUT2D eigenvalue weighted by Crippen LogP contribution is -1.98. The average Bonchev–Trinajstić information content (AvgIpc) is 2.07. The number of carbonyl (C=O) groups is 1. The molecule has 0 saturated carbocycles. The molecule has 12 heavy (non-hydrogen) atoms. The molecule has 64 valence electrons. The van der Waals surface area contributed by atoms with Crippen LogP contribution in [0.1, 0.15) is 24.8 Å². The second kappa shape index (κ2) is 4.60. The van der Waals surface area contributed by atoms with E-state index >= 15 is 0 Å². The Morgan fingerprint density at radius 1 is 1.58 bits per heavy atom. The van der Waals surface area contributed by atoms with Crippen LogP contribution in [0.3, 0.4) is 0 Å². The number of rotatable bonds is 3. The fourth-order valence-electron chi connectivity index (χ4n) is 1.15. The molecule has 0 aromatic heterocycles. The highest BCUT2D eigenvalue weighted by molar-refractivity contribution is 14.1. The third-order valence-corrected chi connectivity index (χ3v) is 2.55. The van der Waals surface area contributed by atoms with E-state index in [1.54, 1.807) is 0 Å². The molecule has 0 aliphatic carbocycles. The number of halogens is 1. The van der Waals surface area contributed by atoms with E-state index in [2.05, 4.69) is 28.7 Å². The molecule has 2 heteroatoms. The predicted molar refractivity (Wildman–Crippen MR) is 58.3 cm³/mol. The Morgan fingerprint density at radius 2 is 2.33 bits per heavy atom. The van der Waals surface area contributed by atoms with Gasteiger partial charge in [0.25, 0.3) is 0 Å². The molecule has 1 atom stereocenters. The van der Waals surface area contributed by atoms with Gasteiger partial charge in [-0.15, -0.1) is 0 Å². The highest BCUT2D eigenvalue weighted by atomic mass is 127. The minimum atomic E-state index is 0.0692. The minimum Gasteiger partial charge on any atom is -0.303 e. The second-order valence-electron chi connectivity index (χ2n) is 2.71. The number of hydrogen-bond acceptors (Lipinski definition) is 1. The van der Waals surface area contributed by atoms with Crippen molar-refractivity contribution in [1.29, 1.82) is 0 Å². The average molecular weight is 274 g/mol. The van der Waals surface area contributed by atoms with E-state index in [0.29, 0.717) is 0 Å². The first kappa shape index (κ1) is 9.71. The maximum absolute atomic E-state index is 10.6. The molecule has 1 rings (SSSR count). The van der Waals surface area contributed by atoms with Crippen LogP contribution in [0.2, 0.25) is 0 Å². The summed E-state index contributed by atoms with van der Waals surface area (Å²) in [5, 5.41) is 0. The Kier molecular flexibility index (Phi) is 3.72. The van der Waals surface area contributed by atoms with Gasteiger partial charge in [-0.25, -0.2) is 0 Å². The molecule has 0 aliphatic rings. The van der Waals surface area contributed by atoms with Crippen LogP contribution in [-0.4, -0.2) is 6.29 Å². The molecule has 0 spiro atoms. The van der Waals surface area contributed by atoms with Gasteiger partial charge >= 0.3 is 0 Å². The van der Waals surface area contributed by atoms with Gasteiger partial charge in [-0.05, 0) is 46.7 Å². The van der Waals surface area contributed by atoms with Crippen molar-refractivity contribution in [3.05, 3.63) is 33.4 Å². The molecule has 1 aromatic carbocycles. The zero-order valence-electron chi connectivity index (χ0n) is 6.96. The maximum atomic E-state index is 10.6. The van der Waals surface area contributed by atoms with Crippen molar-refractivity contribution < 1.29 is 4.79 Å². The van der Waals surface area contributed by atoms with Crippen molar-refractivity contribution in [2.24, 2.45) is 0 Å². The van der Waals surface area contributed by atoms with Gasteiger partial charge in [0.1, 0.15) is 6.29 Å². The van der Waals surface area contributed by atoms with Crippen molar-refractivity contribution in [2.45, 2.75) is 19.3 Å². The summed E-state index contributed by atoms with van der Waals surface area (Å²) in [6.45, 7) is 2.03. The molecule has 0 radical (unpaired) electrons. The molecule has 0 saturated heterocycles. The minimum absolute atomic E-state index is 0.0692. The lowest BCUT2D eigenvalue weighted by Gasteiger charge is -2.06. The number of benzene rings is 1. The lowest BCUT2D eigenvalue weighted by atomic mass is 9.98. The Morgan fingerprint density at radius 3 is 2.83 bits per heavy atom.